The third kappa shape index (κ3) is 3.67. The summed E-state index contributed by atoms with van der Waals surface area (Å²) in [5, 5.41) is 7.12. The molecule has 1 spiro atoms. The first-order valence-electron chi connectivity index (χ1n) is 9.99. The van der Waals surface area contributed by atoms with Gasteiger partial charge < -0.3 is 15.5 Å². The first-order chi connectivity index (χ1) is 13.6. The number of nitrogens with zero attached hydrogens (tertiary/aromatic N) is 2. The highest BCUT2D eigenvalue weighted by atomic mass is 16.2. The van der Waals surface area contributed by atoms with E-state index in [1.165, 1.54) is 11.3 Å². The monoisotopic (exact) mass is 376 g/mol. The molecule has 1 fully saturated rings. The third-order valence-corrected chi connectivity index (χ3v) is 5.89. The van der Waals surface area contributed by atoms with Crippen LogP contribution >= 0.6 is 0 Å². The lowest BCUT2D eigenvalue weighted by atomic mass is 9.71. The number of hydrogen-bond donors (Lipinski definition) is 2. The zero-order valence-corrected chi connectivity index (χ0v) is 16.7. The Morgan fingerprint density at radius 3 is 2.50 bits per heavy atom. The maximum absolute atomic E-state index is 12.1. The van der Waals surface area contributed by atoms with Crippen LogP contribution in [-0.2, 0) is 13.0 Å². The summed E-state index contributed by atoms with van der Waals surface area (Å²) in [6, 6.07) is 16.4. The molecule has 5 heteroatoms. The molecule has 2 aromatic rings. The van der Waals surface area contributed by atoms with Gasteiger partial charge in [0.2, 0.25) is 0 Å². The zero-order chi connectivity index (χ0) is 19.6. The molecule has 2 heterocycles. The van der Waals surface area contributed by atoms with Gasteiger partial charge in [0.25, 0.3) is 5.91 Å². The molecular weight excluding hydrogens is 348 g/mol. The van der Waals surface area contributed by atoms with E-state index in [2.05, 4.69) is 34.9 Å². The summed E-state index contributed by atoms with van der Waals surface area (Å²) in [6.07, 6.45) is 3.25. The second kappa shape index (κ2) is 7.76. The summed E-state index contributed by atoms with van der Waals surface area (Å²) in [5.41, 5.74) is 4.49. The number of hydrogen-bond acceptors (Lipinski definition) is 3. The van der Waals surface area contributed by atoms with Crippen LogP contribution in [0.4, 0.5) is 5.69 Å². The fraction of sp³-hybridized carbons (Fsp3) is 0.391. The van der Waals surface area contributed by atoms with E-state index in [1.807, 2.05) is 24.3 Å². The van der Waals surface area contributed by atoms with Gasteiger partial charge in [-0.25, -0.2) is 0 Å². The molecule has 0 atom stereocenters. The van der Waals surface area contributed by atoms with Crippen LogP contribution in [0, 0.1) is 5.41 Å². The van der Waals surface area contributed by atoms with Crippen molar-refractivity contribution in [3.8, 4) is 0 Å². The highest BCUT2D eigenvalue weighted by Crippen LogP contribution is 2.40. The molecule has 2 aromatic carbocycles. The molecule has 1 amide bonds. The van der Waals surface area contributed by atoms with Crippen LogP contribution in [0.1, 0.15) is 34.3 Å². The Morgan fingerprint density at radius 2 is 1.79 bits per heavy atom. The number of anilines is 1. The van der Waals surface area contributed by atoms with E-state index < -0.39 is 0 Å². The van der Waals surface area contributed by atoms with Gasteiger partial charge in [0.1, 0.15) is 5.84 Å². The van der Waals surface area contributed by atoms with Crippen molar-refractivity contribution in [1.82, 2.24) is 10.2 Å². The van der Waals surface area contributed by atoms with Crippen molar-refractivity contribution in [2.75, 3.05) is 32.5 Å². The molecule has 1 saturated heterocycles. The molecule has 146 valence electrons. The van der Waals surface area contributed by atoms with Gasteiger partial charge in [-0.3, -0.25) is 9.79 Å². The first-order valence-corrected chi connectivity index (χ1v) is 9.99. The predicted molar refractivity (Wildman–Crippen MR) is 114 cm³/mol. The number of nitrogens with one attached hydrogen (secondary N) is 2. The molecular formula is C23H28N4O. The summed E-state index contributed by atoms with van der Waals surface area (Å²) < 4.78 is 0. The minimum atomic E-state index is 0.0251. The molecule has 0 bridgehead atoms. The van der Waals surface area contributed by atoms with Crippen molar-refractivity contribution in [2.24, 2.45) is 10.4 Å². The highest BCUT2D eigenvalue weighted by Gasteiger charge is 2.40. The van der Waals surface area contributed by atoms with Crippen LogP contribution in [-0.4, -0.2) is 43.8 Å². The quantitative estimate of drug-likeness (QED) is 0.864. The van der Waals surface area contributed by atoms with Crippen LogP contribution in [0.25, 0.3) is 0 Å². The highest BCUT2D eigenvalue weighted by molar-refractivity contribution is 6.02. The summed E-state index contributed by atoms with van der Waals surface area (Å²) in [5.74, 6) is 1.14. The maximum atomic E-state index is 12.1. The van der Waals surface area contributed by atoms with Crippen molar-refractivity contribution in [1.29, 1.82) is 0 Å². The summed E-state index contributed by atoms with van der Waals surface area (Å²) in [4.78, 5) is 18.7. The number of aliphatic imine (C=N–C) groups is 1. The third-order valence-electron chi connectivity index (χ3n) is 5.89. The number of rotatable bonds is 3. The van der Waals surface area contributed by atoms with E-state index in [1.54, 1.807) is 19.0 Å². The van der Waals surface area contributed by atoms with Crippen molar-refractivity contribution in [3.63, 3.8) is 0 Å². The fourth-order valence-corrected chi connectivity index (χ4v) is 4.21. The average molecular weight is 377 g/mol. The first kappa shape index (κ1) is 18.7. The molecule has 2 aliphatic rings. The van der Waals surface area contributed by atoms with Gasteiger partial charge in [-0.1, -0.05) is 30.3 Å². The zero-order valence-electron chi connectivity index (χ0n) is 16.7. The van der Waals surface area contributed by atoms with Crippen LogP contribution < -0.4 is 10.6 Å². The number of piperidine rings is 1. The van der Waals surface area contributed by atoms with Crippen molar-refractivity contribution in [2.45, 2.75) is 25.8 Å². The van der Waals surface area contributed by atoms with Crippen molar-refractivity contribution < 1.29 is 4.79 Å². The SMILES string of the molecule is CN(C)C(=O)c1ccc(CN=C2Nc3ccccc3CC23CCNCC3)cc1. The predicted octanol–water partition coefficient (Wildman–Crippen LogP) is 3.32. The number of amides is 1. The van der Waals surface area contributed by atoms with E-state index >= 15 is 0 Å². The lowest BCUT2D eigenvalue weighted by Gasteiger charge is -2.42. The van der Waals surface area contributed by atoms with E-state index in [4.69, 9.17) is 4.99 Å². The largest absolute Gasteiger partial charge is 0.345 e. The van der Waals surface area contributed by atoms with Gasteiger partial charge in [0.05, 0.1) is 6.54 Å². The van der Waals surface area contributed by atoms with Gasteiger partial charge >= 0.3 is 0 Å². The minimum absolute atomic E-state index is 0.0251. The molecule has 0 aromatic heterocycles. The molecule has 4 rings (SSSR count). The van der Waals surface area contributed by atoms with Crippen LogP contribution in [0.5, 0.6) is 0 Å². The van der Waals surface area contributed by atoms with Gasteiger partial charge in [-0.05, 0) is 61.7 Å². The number of benzene rings is 2. The van der Waals surface area contributed by atoms with Crippen LogP contribution in [0.3, 0.4) is 0 Å². The second-order valence-corrected chi connectivity index (χ2v) is 8.05. The van der Waals surface area contributed by atoms with E-state index in [9.17, 15) is 4.79 Å². The lowest BCUT2D eigenvalue weighted by molar-refractivity contribution is 0.0827. The van der Waals surface area contributed by atoms with Gasteiger partial charge in [-0.2, -0.15) is 0 Å². The van der Waals surface area contributed by atoms with Gasteiger partial charge in [0.15, 0.2) is 0 Å². The van der Waals surface area contributed by atoms with Crippen LogP contribution in [0.15, 0.2) is 53.5 Å². The van der Waals surface area contributed by atoms with Crippen LogP contribution in [0.2, 0.25) is 0 Å². The Bertz CT molecular complexity index is 880. The number of amidine groups is 1. The molecule has 2 N–H and O–H groups in total. The van der Waals surface area contributed by atoms with E-state index in [0.29, 0.717) is 12.1 Å². The number of fused-ring (bicyclic) bond motifs is 1. The maximum Gasteiger partial charge on any atom is 0.253 e. The normalized spacial score (nSPS) is 19.1. The molecule has 28 heavy (non-hydrogen) atoms. The van der Waals surface area contributed by atoms with Crippen molar-refractivity contribution in [3.05, 3.63) is 65.2 Å². The molecule has 0 unspecified atom stereocenters. The number of carbonyl (C=O) groups excluding carboxylic acids is 1. The Hall–Kier alpha value is -2.66. The van der Waals surface area contributed by atoms with E-state index in [0.717, 1.165) is 43.8 Å². The topological polar surface area (TPSA) is 56.7 Å². The molecule has 0 radical (unpaired) electrons. The Balaban J connectivity index is 1.57. The summed E-state index contributed by atoms with van der Waals surface area (Å²) in [6.45, 7) is 2.69. The van der Waals surface area contributed by atoms with E-state index in [-0.39, 0.29) is 11.3 Å². The second-order valence-electron chi connectivity index (χ2n) is 8.05. The fourth-order valence-electron chi connectivity index (χ4n) is 4.21. The molecule has 5 nitrogen and oxygen atoms in total. The van der Waals surface area contributed by atoms with Gasteiger partial charge in [-0.15, -0.1) is 0 Å². The smallest absolute Gasteiger partial charge is 0.253 e. The Morgan fingerprint density at radius 1 is 1.07 bits per heavy atom. The lowest BCUT2D eigenvalue weighted by Crippen LogP contribution is -2.48. The Kier molecular flexibility index (Phi) is 5.18. The minimum Gasteiger partial charge on any atom is -0.345 e. The standard InChI is InChI=1S/C23H28N4O/c1-27(2)21(28)18-9-7-17(8-10-18)16-25-22-23(11-13-24-14-12-23)15-19-5-3-4-6-20(19)26-22/h3-10,24H,11-16H2,1-2H3,(H,25,26). The number of para-hydroxylation sites is 1. The molecule has 0 saturated carbocycles. The summed E-state index contributed by atoms with van der Waals surface area (Å²) >= 11 is 0. The number of carbonyl (C=O) groups is 1. The molecule has 0 aliphatic carbocycles. The van der Waals surface area contributed by atoms with Gasteiger partial charge in [0, 0.05) is 30.8 Å². The Labute approximate surface area is 166 Å². The average Bonchev–Trinajstić information content (AvgIpc) is 2.72. The summed E-state index contributed by atoms with van der Waals surface area (Å²) in [7, 11) is 3.54. The van der Waals surface area contributed by atoms with Crippen molar-refractivity contribution >= 4 is 17.4 Å². The molecule has 2 aliphatic heterocycles.